The molecular formula is C12H8BrClN2O2. The summed E-state index contributed by atoms with van der Waals surface area (Å²) in [6.07, 6.45) is 1.43. The molecule has 0 spiro atoms. The summed E-state index contributed by atoms with van der Waals surface area (Å²) in [5.74, 6) is -1.07. The Bertz CT molecular complexity index is 604. The second-order valence-electron chi connectivity index (χ2n) is 3.48. The zero-order chi connectivity index (χ0) is 13.1. The highest BCUT2D eigenvalue weighted by molar-refractivity contribution is 9.10. The van der Waals surface area contributed by atoms with Gasteiger partial charge in [0.05, 0.1) is 10.7 Å². The molecule has 0 saturated carbocycles. The van der Waals surface area contributed by atoms with Gasteiger partial charge in [-0.1, -0.05) is 27.5 Å². The van der Waals surface area contributed by atoms with Gasteiger partial charge in [0.15, 0.2) is 0 Å². The van der Waals surface area contributed by atoms with Gasteiger partial charge in [0, 0.05) is 16.4 Å². The standard InChI is InChI=1S/C12H8BrClN2O2/c13-7-1-2-9(14)10(5-7)16-8-3-4-15-11(6-8)12(17)18/h1-6H,(H,15,16)(H,17,18). The van der Waals surface area contributed by atoms with Crippen LogP contribution in [0, 0.1) is 0 Å². The molecule has 0 aliphatic rings. The monoisotopic (exact) mass is 326 g/mol. The molecule has 18 heavy (non-hydrogen) atoms. The average molecular weight is 328 g/mol. The number of hydrogen-bond acceptors (Lipinski definition) is 3. The zero-order valence-corrected chi connectivity index (χ0v) is 11.4. The molecule has 92 valence electrons. The smallest absolute Gasteiger partial charge is 0.354 e. The van der Waals surface area contributed by atoms with Gasteiger partial charge >= 0.3 is 5.97 Å². The summed E-state index contributed by atoms with van der Waals surface area (Å²) in [6.45, 7) is 0. The van der Waals surface area contributed by atoms with Gasteiger partial charge in [-0.25, -0.2) is 9.78 Å². The molecule has 6 heteroatoms. The minimum Gasteiger partial charge on any atom is -0.477 e. The molecule has 2 aromatic rings. The summed E-state index contributed by atoms with van der Waals surface area (Å²) in [5, 5.41) is 12.4. The number of aromatic carboxylic acids is 1. The number of carboxylic acids is 1. The van der Waals surface area contributed by atoms with Crippen LogP contribution in [-0.4, -0.2) is 16.1 Å². The highest BCUT2D eigenvalue weighted by Crippen LogP contribution is 2.28. The number of pyridine rings is 1. The van der Waals surface area contributed by atoms with E-state index in [9.17, 15) is 4.79 Å². The van der Waals surface area contributed by atoms with Gasteiger partial charge in [-0.05, 0) is 30.3 Å². The molecule has 0 saturated heterocycles. The van der Waals surface area contributed by atoms with Crippen molar-refractivity contribution in [3.8, 4) is 0 Å². The number of carbonyl (C=O) groups is 1. The summed E-state index contributed by atoms with van der Waals surface area (Å²) in [7, 11) is 0. The van der Waals surface area contributed by atoms with E-state index in [4.69, 9.17) is 16.7 Å². The van der Waals surface area contributed by atoms with Gasteiger partial charge in [0.25, 0.3) is 0 Å². The molecule has 2 N–H and O–H groups in total. The highest BCUT2D eigenvalue weighted by Gasteiger charge is 2.06. The fourth-order valence-corrected chi connectivity index (χ4v) is 1.90. The van der Waals surface area contributed by atoms with E-state index in [-0.39, 0.29) is 5.69 Å². The Morgan fingerprint density at radius 2 is 2.11 bits per heavy atom. The normalized spacial score (nSPS) is 10.1. The molecule has 1 aromatic carbocycles. The molecule has 0 radical (unpaired) electrons. The van der Waals surface area contributed by atoms with E-state index in [0.29, 0.717) is 16.4 Å². The minimum atomic E-state index is -1.07. The number of nitrogens with one attached hydrogen (secondary N) is 1. The van der Waals surface area contributed by atoms with Crippen LogP contribution in [0.1, 0.15) is 10.5 Å². The number of benzene rings is 1. The second-order valence-corrected chi connectivity index (χ2v) is 4.81. The number of anilines is 2. The molecule has 0 fully saturated rings. The summed E-state index contributed by atoms with van der Waals surface area (Å²) >= 11 is 9.38. The molecule has 2 rings (SSSR count). The molecule has 0 atom stereocenters. The maximum Gasteiger partial charge on any atom is 0.354 e. The van der Waals surface area contributed by atoms with E-state index >= 15 is 0 Å². The third-order valence-corrected chi connectivity index (χ3v) is 3.01. The maximum absolute atomic E-state index is 10.8. The SMILES string of the molecule is O=C(O)c1cc(Nc2cc(Br)ccc2Cl)ccn1. The van der Waals surface area contributed by atoms with Crippen LogP contribution in [0.5, 0.6) is 0 Å². The lowest BCUT2D eigenvalue weighted by Gasteiger charge is -2.09. The maximum atomic E-state index is 10.8. The summed E-state index contributed by atoms with van der Waals surface area (Å²) < 4.78 is 0.877. The molecule has 1 heterocycles. The molecule has 0 unspecified atom stereocenters. The van der Waals surface area contributed by atoms with Crippen LogP contribution in [0.2, 0.25) is 5.02 Å². The zero-order valence-electron chi connectivity index (χ0n) is 9.02. The van der Waals surface area contributed by atoms with E-state index in [0.717, 1.165) is 4.47 Å². The molecule has 0 amide bonds. The fraction of sp³-hybridized carbons (Fsp3) is 0. The topological polar surface area (TPSA) is 62.2 Å². The van der Waals surface area contributed by atoms with Crippen LogP contribution in [0.25, 0.3) is 0 Å². The van der Waals surface area contributed by atoms with E-state index in [1.165, 1.54) is 12.3 Å². The molecule has 1 aromatic heterocycles. The van der Waals surface area contributed by atoms with Crippen molar-refractivity contribution in [2.45, 2.75) is 0 Å². The Balaban J connectivity index is 2.31. The van der Waals surface area contributed by atoms with Crippen LogP contribution >= 0.6 is 27.5 Å². The first-order valence-corrected chi connectivity index (χ1v) is 6.15. The van der Waals surface area contributed by atoms with Crippen molar-refractivity contribution < 1.29 is 9.90 Å². The number of nitrogens with zero attached hydrogens (tertiary/aromatic N) is 1. The molecule has 4 nitrogen and oxygen atoms in total. The van der Waals surface area contributed by atoms with Crippen molar-refractivity contribution in [3.63, 3.8) is 0 Å². The quantitative estimate of drug-likeness (QED) is 0.896. The Kier molecular flexibility index (Phi) is 3.84. The Labute approximate surface area is 117 Å². The van der Waals surface area contributed by atoms with Crippen molar-refractivity contribution >= 4 is 44.9 Å². The van der Waals surface area contributed by atoms with E-state index < -0.39 is 5.97 Å². The number of hydrogen-bond donors (Lipinski definition) is 2. The lowest BCUT2D eigenvalue weighted by atomic mass is 10.2. The van der Waals surface area contributed by atoms with Crippen LogP contribution in [-0.2, 0) is 0 Å². The Hall–Kier alpha value is -1.59. The molecule has 0 bridgehead atoms. The molecule has 0 aliphatic heterocycles. The third-order valence-electron chi connectivity index (χ3n) is 2.19. The lowest BCUT2D eigenvalue weighted by Crippen LogP contribution is -2.01. The fourth-order valence-electron chi connectivity index (χ4n) is 1.37. The van der Waals surface area contributed by atoms with Crippen LogP contribution in [0.15, 0.2) is 41.0 Å². The third kappa shape index (κ3) is 3.00. The average Bonchev–Trinajstić information content (AvgIpc) is 2.34. The van der Waals surface area contributed by atoms with E-state index in [1.54, 1.807) is 12.1 Å². The molecular weight excluding hydrogens is 320 g/mol. The van der Waals surface area contributed by atoms with Crippen LogP contribution < -0.4 is 5.32 Å². The largest absolute Gasteiger partial charge is 0.477 e. The first-order chi connectivity index (χ1) is 8.56. The Morgan fingerprint density at radius 3 is 2.83 bits per heavy atom. The van der Waals surface area contributed by atoms with Gasteiger partial charge in [-0.15, -0.1) is 0 Å². The predicted octanol–water partition coefficient (Wildman–Crippen LogP) is 3.94. The first kappa shape index (κ1) is 12.9. The molecule has 0 aliphatic carbocycles. The van der Waals surface area contributed by atoms with E-state index in [2.05, 4.69) is 26.2 Å². The Morgan fingerprint density at radius 1 is 1.33 bits per heavy atom. The number of aromatic nitrogens is 1. The number of halogens is 2. The summed E-state index contributed by atoms with van der Waals surface area (Å²) in [5.41, 5.74) is 1.28. The van der Waals surface area contributed by atoms with Gasteiger partial charge in [-0.3, -0.25) is 0 Å². The lowest BCUT2D eigenvalue weighted by molar-refractivity contribution is 0.0690. The summed E-state index contributed by atoms with van der Waals surface area (Å²) in [4.78, 5) is 14.5. The van der Waals surface area contributed by atoms with Crippen molar-refractivity contribution in [1.82, 2.24) is 4.98 Å². The van der Waals surface area contributed by atoms with Crippen molar-refractivity contribution in [2.24, 2.45) is 0 Å². The number of carboxylic acid groups (broad SMARTS) is 1. The highest BCUT2D eigenvalue weighted by atomic mass is 79.9. The van der Waals surface area contributed by atoms with Gasteiger partial charge in [-0.2, -0.15) is 0 Å². The van der Waals surface area contributed by atoms with Gasteiger partial charge in [0.2, 0.25) is 0 Å². The van der Waals surface area contributed by atoms with Crippen LogP contribution in [0.4, 0.5) is 11.4 Å². The van der Waals surface area contributed by atoms with Gasteiger partial charge in [0.1, 0.15) is 5.69 Å². The van der Waals surface area contributed by atoms with Crippen molar-refractivity contribution in [2.75, 3.05) is 5.32 Å². The van der Waals surface area contributed by atoms with Gasteiger partial charge < -0.3 is 10.4 Å². The second kappa shape index (κ2) is 5.37. The first-order valence-electron chi connectivity index (χ1n) is 4.97. The van der Waals surface area contributed by atoms with Crippen molar-refractivity contribution in [3.05, 3.63) is 51.7 Å². The summed E-state index contributed by atoms with van der Waals surface area (Å²) in [6, 6.07) is 8.49. The van der Waals surface area contributed by atoms with Crippen molar-refractivity contribution in [1.29, 1.82) is 0 Å². The van der Waals surface area contributed by atoms with E-state index in [1.807, 2.05) is 12.1 Å². The predicted molar refractivity (Wildman–Crippen MR) is 73.6 cm³/mol. The minimum absolute atomic E-state index is 0.0221. The number of rotatable bonds is 3. The van der Waals surface area contributed by atoms with Crippen LogP contribution in [0.3, 0.4) is 0 Å².